The lowest BCUT2D eigenvalue weighted by Crippen LogP contribution is -2.21. The molecule has 0 amide bonds. The van der Waals surface area contributed by atoms with Gasteiger partial charge in [-0.15, -0.1) is 0 Å². The van der Waals surface area contributed by atoms with Gasteiger partial charge in [0.15, 0.2) is 0 Å². The normalized spacial score (nSPS) is 12.3. The Morgan fingerprint density at radius 2 is 1.70 bits per heavy atom. The summed E-state index contributed by atoms with van der Waals surface area (Å²) >= 11 is 0. The molecular formula is C18H24N2. The van der Waals surface area contributed by atoms with Gasteiger partial charge in [-0.05, 0) is 43.5 Å². The summed E-state index contributed by atoms with van der Waals surface area (Å²) in [5.74, 6) is 0. The lowest BCUT2D eigenvalue weighted by Gasteiger charge is -2.17. The monoisotopic (exact) mass is 268 g/mol. The average Bonchev–Trinajstić information content (AvgIpc) is 2.49. The quantitative estimate of drug-likeness (QED) is 0.834. The fourth-order valence-electron chi connectivity index (χ4n) is 2.36. The SMILES string of the molecule is CCCNC(CC)c1ccc(-c2ccc(C)nc2)cc1. The number of pyridine rings is 1. The van der Waals surface area contributed by atoms with Crippen LogP contribution in [0.3, 0.4) is 0 Å². The van der Waals surface area contributed by atoms with Crippen molar-refractivity contribution in [3.63, 3.8) is 0 Å². The topological polar surface area (TPSA) is 24.9 Å². The first-order chi connectivity index (χ1) is 9.74. The molecule has 0 saturated heterocycles. The van der Waals surface area contributed by atoms with E-state index in [1.54, 1.807) is 0 Å². The van der Waals surface area contributed by atoms with Crippen molar-refractivity contribution in [2.24, 2.45) is 0 Å². The third-order valence-corrected chi connectivity index (χ3v) is 3.61. The zero-order valence-electron chi connectivity index (χ0n) is 12.7. The average molecular weight is 268 g/mol. The first-order valence-electron chi connectivity index (χ1n) is 7.51. The van der Waals surface area contributed by atoms with Crippen LogP contribution in [0.25, 0.3) is 11.1 Å². The second-order valence-electron chi connectivity index (χ2n) is 5.23. The Morgan fingerprint density at radius 3 is 2.25 bits per heavy atom. The third-order valence-electron chi connectivity index (χ3n) is 3.61. The molecule has 2 rings (SSSR count). The molecule has 0 fully saturated rings. The highest BCUT2D eigenvalue weighted by Crippen LogP contribution is 2.23. The van der Waals surface area contributed by atoms with Crippen LogP contribution in [-0.2, 0) is 0 Å². The molecule has 1 N–H and O–H groups in total. The van der Waals surface area contributed by atoms with Gasteiger partial charge in [0.2, 0.25) is 0 Å². The van der Waals surface area contributed by atoms with E-state index in [-0.39, 0.29) is 0 Å². The maximum atomic E-state index is 4.36. The van der Waals surface area contributed by atoms with Gasteiger partial charge in [-0.3, -0.25) is 4.98 Å². The molecule has 1 atom stereocenters. The highest BCUT2D eigenvalue weighted by molar-refractivity contribution is 5.62. The molecule has 2 heteroatoms. The molecule has 1 aromatic heterocycles. The van der Waals surface area contributed by atoms with Crippen LogP contribution in [-0.4, -0.2) is 11.5 Å². The molecular weight excluding hydrogens is 244 g/mol. The molecule has 0 radical (unpaired) electrons. The summed E-state index contributed by atoms with van der Waals surface area (Å²) in [6, 6.07) is 13.5. The molecule has 0 aliphatic heterocycles. The summed E-state index contributed by atoms with van der Waals surface area (Å²) in [5.41, 5.74) is 4.83. The van der Waals surface area contributed by atoms with Crippen molar-refractivity contribution in [3.05, 3.63) is 53.9 Å². The van der Waals surface area contributed by atoms with Crippen molar-refractivity contribution in [3.8, 4) is 11.1 Å². The molecule has 1 unspecified atom stereocenters. The van der Waals surface area contributed by atoms with E-state index < -0.39 is 0 Å². The van der Waals surface area contributed by atoms with Gasteiger partial charge in [0.1, 0.15) is 0 Å². The van der Waals surface area contributed by atoms with Crippen molar-refractivity contribution < 1.29 is 0 Å². The molecule has 1 aromatic carbocycles. The van der Waals surface area contributed by atoms with Gasteiger partial charge in [0.05, 0.1) is 0 Å². The van der Waals surface area contributed by atoms with E-state index in [1.165, 1.54) is 23.1 Å². The largest absolute Gasteiger partial charge is 0.310 e. The fourth-order valence-corrected chi connectivity index (χ4v) is 2.36. The van der Waals surface area contributed by atoms with Gasteiger partial charge in [-0.2, -0.15) is 0 Å². The minimum atomic E-state index is 0.458. The Labute approximate surface area is 122 Å². The Hall–Kier alpha value is -1.67. The molecule has 0 bridgehead atoms. The molecule has 106 valence electrons. The van der Waals surface area contributed by atoms with Gasteiger partial charge < -0.3 is 5.32 Å². The zero-order valence-corrected chi connectivity index (χ0v) is 12.7. The van der Waals surface area contributed by atoms with Gasteiger partial charge in [-0.1, -0.05) is 44.2 Å². The van der Waals surface area contributed by atoms with Crippen molar-refractivity contribution >= 4 is 0 Å². The first-order valence-corrected chi connectivity index (χ1v) is 7.51. The van der Waals surface area contributed by atoms with Crippen LogP contribution in [0, 0.1) is 6.92 Å². The van der Waals surface area contributed by atoms with E-state index >= 15 is 0 Å². The second kappa shape index (κ2) is 7.20. The zero-order chi connectivity index (χ0) is 14.4. The van der Waals surface area contributed by atoms with Gasteiger partial charge in [0, 0.05) is 23.5 Å². The number of aromatic nitrogens is 1. The van der Waals surface area contributed by atoms with Gasteiger partial charge in [-0.25, -0.2) is 0 Å². The number of rotatable bonds is 6. The van der Waals surface area contributed by atoms with Crippen molar-refractivity contribution in [1.29, 1.82) is 0 Å². The predicted molar refractivity (Wildman–Crippen MR) is 85.7 cm³/mol. The molecule has 1 heterocycles. The van der Waals surface area contributed by atoms with Crippen LogP contribution in [0.15, 0.2) is 42.6 Å². The number of aryl methyl sites for hydroxylation is 1. The Kier molecular flexibility index (Phi) is 5.31. The Morgan fingerprint density at radius 1 is 1.00 bits per heavy atom. The Bertz CT molecular complexity index is 514. The number of hydrogen-bond donors (Lipinski definition) is 1. The Balaban J connectivity index is 2.14. The predicted octanol–water partition coefficient (Wildman–Crippen LogP) is 4.51. The summed E-state index contributed by atoms with van der Waals surface area (Å²) in [6.45, 7) is 7.51. The highest BCUT2D eigenvalue weighted by Gasteiger charge is 2.08. The number of hydrogen-bond acceptors (Lipinski definition) is 2. The maximum absolute atomic E-state index is 4.36. The number of nitrogens with one attached hydrogen (secondary N) is 1. The van der Waals surface area contributed by atoms with Crippen LogP contribution < -0.4 is 5.32 Å². The van der Waals surface area contributed by atoms with E-state index in [1.807, 2.05) is 13.1 Å². The van der Waals surface area contributed by atoms with Crippen LogP contribution >= 0.6 is 0 Å². The van der Waals surface area contributed by atoms with Gasteiger partial charge in [0.25, 0.3) is 0 Å². The van der Waals surface area contributed by atoms with E-state index in [2.05, 4.69) is 60.5 Å². The van der Waals surface area contributed by atoms with Crippen LogP contribution in [0.2, 0.25) is 0 Å². The molecule has 2 aromatic rings. The summed E-state index contributed by atoms with van der Waals surface area (Å²) in [6.07, 6.45) is 4.23. The van der Waals surface area contributed by atoms with Crippen LogP contribution in [0.1, 0.15) is 44.0 Å². The van der Waals surface area contributed by atoms with Crippen molar-refractivity contribution in [1.82, 2.24) is 10.3 Å². The van der Waals surface area contributed by atoms with E-state index in [0.717, 1.165) is 18.7 Å². The van der Waals surface area contributed by atoms with E-state index in [9.17, 15) is 0 Å². The molecule has 2 nitrogen and oxygen atoms in total. The summed E-state index contributed by atoms with van der Waals surface area (Å²) in [4.78, 5) is 4.36. The molecule has 0 aliphatic carbocycles. The minimum absolute atomic E-state index is 0.458. The minimum Gasteiger partial charge on any atom is -0.310 e. The van der Waals surface area contributed by atoms with Crippen LogP contribution in [0.4, 0.5) is 0 Å². The third kappa shape index (κ3) is 3.67. The van der Waals surface area contributed by atoms with Crippen molar-refractivity contribution in [2.75, 3.05) is 6.54 Å². The lowest BCUT2D eigenvalue weighted by molar-refractivity contribution is 0.518. The van der Waals surface area contributed by atoms with E-state index in [4.69, 9.17) is 0 Å². The summed E-state index contributed by atoms with van der Waals surface area (Å²) in [7, 11) is 0. The van der Waals surface area contributed by atoms with Gasteiger partial charge >= 0.3 is 0 Å². The first kappa shape index (κ1) is 14.7. The van der Waals surface area contributed by atoms with E-state index in [0.29, 0.717) is 6.04 Å². The molecule has 0 saturated carbocycles. The second-order valence-corrected chi connectivity index (χ2v) is 5.23. The van der Waals surface area contributed by atoms with Crippen LogP contribution in [0.5, 0.6) is 0 Å². The number of nitrogens with zero attached hydrogens (tertiary/aromatic N) is 1. The highest BCUT2D eigenvalue weighted by atomic mass is 14.9. The summed E-state index contributed by atoms with van der Waals surface area (Å²) in [5, 5.41) is 3.59. The summed E-state index contributed by atoms with van der Waals surface area (Å²) < 4.78 is 0. The molecule has 0 aliphatic rings. The maximum Gasteiger partial charge on any atom is 0.0373 e. The molecule has 0 spiro atoms. The number of benzene rings is 1. The molecule has 20 heavy (non-hydrogen) atoms. The lowest BCUT2D eigenvalue weighted by atomic mass is 10.00. The standard InChI is InChI=1S/C18H24N2/c1-4-12-19-18(5-2)16-10-8-15(9-11-16)17-7-6-14(3)20-13-17/h6-11,13,18-19H,4-5,12H2,1-3H3. The van der Waals surface area contributed by atoms with Crippen molar-refractivity contribution in [2.45, 2.75) is 39.7 Å². The smallest absolute Gasteiger partial charge is 0.0373 e. The fraction of sp³-hybridized carbons (Fsp3) is 0.389.